The molecule has 1 unspecified atom stereocenters. The maximum Gasteiger partial charge on any atom is 0.346 e. The summed E-state index contributed by atoms with van der Waals surface area (Å²) in [5.74, 6) is 0. The van der Waals surface area contributed by atoms with Crippen molar-refractivity contribution in [3.05, 3.63) is 12.7 Å². The molecule has 110 valence electrons. The van der Waals surface area contributed by atoms with Crippen LogP contribution in [0.15, 0.2) is 12.7 Å². The topological polar surface area (TPSA) is 54.3 Å². The zero-order valence-corrected chi connectivity index (χ0v) is 12.3. The van der Waals surface area contributed by atoms with Crippen LogP contribution >= 0.6 is 0 Å². The van der Waals surface area contributed by atoms with Crippen molar-refractivity contribution in [1.29, 1.82) is 0 Å². The molecule has 1 atom stereocenters. The van der Waals surface area contributed by atoms with E-state index in [4.69, 9.17) is 0 Å². The molecule has 0 N–H and O–H groups in total. The predicted octanol–water partition coefficient (Wildman–Crippen LogP) is 1.59. The Kier molecular flexibility index (Phi) is 3.50. The van der Waals surface area contributed by atoms with Crippen LogP contribution in [0, 0.1) is 0 Å². The number of likely N-dealkylation sites (tertiary alicyclic amines) is 2. The van der Waals surface area contributed by atoms with Crippen molar-refractivity contribution in [2.45, 2.75) is 51.1 Å². The van der Waals surface area contributed by atoms with Gasteiger partial charge in [-0.15, -0.1) is 0 Å². The first kappa shape index (κ1) is 13.5. The Balaban J connectivity index is 1.82. The highest BCUT2D eigenvalue weighted by molar-refractivity contribution is 5.77. The molecule has 1 spiro atoms. The third-order valence-electron chi connectivity index (χ3n) is 4.76. The first-order valence-corrected chi connectivity index (χ1v) is 7.53. The summed E-state index contributed by atoms with van der Waals surface area (Å²) in [6, 6.07) is 0.515. The summed E-state index contributed by atoms with van der Waals surface area (Å²) in [5, 5.41) is 3.99. The lowest BCUT2D eigenvalue weighted by molar-refractivity contribution is 0.0458. The second-order valence-corrected chi connectivity index (χ2v) is 6.27. The molecule has 2 aliphatic heterocycles. The van der Waals surface area contributed by atoms with Crippen LogP contribution in [0.3, 0.4) is 0 Å². The van der Waals surface area contributed by atoms with Crippen molar-refractivity contribution in [3.63, 3.8) is 0 Å². The molecule has 3 heterocycles. The molecule has 2 aliphatic rings. The second-order valence-electron chi connectivity index (χ2n) is 6.27. The number of rotatable bonds is 1. The van der Waals surface area contributed by atoms with Gasteiger partial charge in [-0.3, -0.25) is 4.90 Å². The fraction of sp³-hybridized carbons (Fsp3) is 0.786. The van der Waals surface area contributed by atoms with Crippen LogP contribution in [0.2, 0.25) is 0 Å². The molecular formula is C14H23N5O. The Hall–Kier alpha value is -1.43. The fourth-order valence-corrected chi connectivity index (χ4v) is 3.68. The molecule has 1 aromatic rings. The number of carbonyl (C=O) groups excluding carboxylic acids is 1. The number of carbonyl (C=O) groups is 1. The second kappa shape index (κ2) is 5.16. The number of hydrogen-bond donors (Lipinski definition) is 0. The van der Waals surface area contributed by atoms with Gasteiger partial charge in [0.15, 0.2) is 0 Å². The lowest BCUT2D eigenvalue weighted by Gasteiger charge is -2.47. The maximum atomic E-state index is 12.6. The Labute approximate surface area is 119 Å². The van der Waals surface area contributed by atoms with Crippen molar-refractivity contribution in [2.75, 3.05) is 19.6 Å². The lowest BCUT2D eigenvalue weighted by atomic mass is 9.86. The molecule has 0 bridgehead atoms. The van der Waals surface area contributed by atoms with Crippen LogP contribution in [0.5, 0.6) is 0 Å². The third-order valence-corrected chi connectivity index (χ3v) is 4.76. The fourth-order valence-electron chi connectivity index (χ4n) is 3.68. The monoisotopic (exact) mass is 277 g/mol. The summed E-state index contributed by atoms with van der Waals surface area (Å²) in [7, 11) is 0. The molecular weight excluding hydrogens is 254 g/mol. The Morgan fingerprint density at radius 1 is 1.25 bits per heavy atom. The van der Waals surface area contributed by atoms with Crippen LogP contribution in [-0.2, 0) is 0 Å². The lowest BCUT2D eigenvalue weighted by Crippen LogP contribution is -2.59. The summed E-state index contributed by atoms with van der Waals surface area (Å²) in [6.07, 6.45) is 7.39. The molecule has 2 fully saturated rings. The van der Waals surface area contributed by atoms with Crippen molar-refractivity contribution in [3.8, 4) is 0 Å². The Bertz CT molecular complexity index is 472. The molecule has 0 aromatic carbocycles. The van der Waals surface area contributed by atoms with E-state index in [1.165, 1.54) is 23.8 Å². The van der Waals surface area contributed by atoms with Gasteiger partial charge in [-0.25, -0.2) is 9.78 Å². The van der Waals surface area contributed by atoms with Gasteiger partial charge >= 0.3 is 6.03 Å². The highest BCUT2D eigenvalue weighted by atomic mass is 16.2. The van der Waals surface area contributed by atoms with Gasteiger partial charge in [-0.05, 0) is 46.1 Å². The minimum absolute atomic E-state index is 0.00551. The summed E-state index contributed by atoms with van der Waals surface area (Å²) >= 11 is 0. The van der Waals surface area contributed by atoms with Crippen LogP contribution in [-0.4, -0.2) is 61.8 Å². The minimum atomic E-state index is -0.0226. The minimum Gasteiger partial charge on any atom is -0.316 e. The van der Waals surface area contributed by atoms with Crippen LogP contribution < -0.4 is 0 Å². The van der Waals surface area contributed by atoms with Crippen LogP contribution in [0.4, 0.5) is 4.79 Å². The van der Waals surface area contributed by atoms with Gasteiger partial charge in [0.2, 0.25) is 0 Å². The highest BCUT2D eigenvalue weighted by Gasteiger charge is 2.46. The Morgan fingerprint density at radius 3 is 2.65 bits per heavy atom. The Morgan fingerprint density at radius 2 is 2.00 bits per heavy atom. The zero-order chi connectivity index (χ0) is 14.2. The number of amides is 1. The van der Waals surface area contributed by atoms with Gasteiger partial charge in [0, 0.05) is 19.1 Å². The standard InChI is InChI=1S/C14H23N5O/c1-12(2)17-7-3-5-14(9-17)6-4-8-18(14)13(20)19-11-15-10-16-19/h10-12H,3-9H2,1-2H3. The molecule has 1 aromatic heterocycles. The van der Waals surface area contributed by atoms with E-state index < -0.39 is 0 Å². The number of nitrogens with zero attached hydrogens (tertiary/aromatic N) is 5. The third kappa shape index (κ3) is 2.22. The van der Waals surface area contributed by atoms with Gasteiger partial charge < -0.3 is 4.90 Å². The highest BCUT2D eigenvalue weighted by Crippen LogP contribution is 2.38. The van der Waals surface area contributed by atoms with E-state index in [0.29, 0.717) is 6.04 Å². The van der Waals surface area contributed by atoms with Gasteiger partial charge in [0.05, 0.1) is 5.54 Å². The summed E-state index contributed by atoms with van der Waals surface area (Å²) < 4.78 is 1.36. The largest absolute Gasteiger partial charge is 0.346 e. The van der Waals surface area contributed by atoms with Crippen LogP contribution in [0.25, 0.3) is 0 Å². The molecule has 6 nitrogen and oxygen atoms in total. The van der Waals surface area contributed by atoms with E-state index in [9.17, 15) is 4.79 Å². The summed E-state index contributed by atoms with van der Waals surface area (Å²) in [4.78, 5) is 21.0. The molecule has 3 rings (SSSR count). The molecule has 2 saturated heterocycles. The quantitative estimate of drug-likeness (QED) is 0.782. The smallest absolute Gasteiger partial charge is 0.316 e. The van der Waals surface area contributed by atoms with E-state index >= 15 is 0 Å². The van der Waals surface area contributed by atoms with Gasteiger partial charge in [-0.2, -0.15) is 9.78 Å². The molecule has 1 amide bonds. The molecule has 0 aliphatic carbocycles. The number of hydrogen-bond acceptors (Lipinski definition) is 4. The van der Waals surface area contributed by atoms with Gasteiger partial charge in [0.25, 0.3) is 0 Å². The van der Waals surface area contributed by atoms with E-state index in [0.717, 1.165) is 38.9 Å². The predicted molar refractivity (Wildman–Crippen MR) is 75.4 cm³/mol. The average molecular weight is 277 g/mol. The number of aromatic nitrogens is 3. The van der Waals surface area contributed by atoms with Crippen LogP contribution in [0.1, 0.15) is 39.5 Å². The van der Waals surface area contributed by atoms with Crippen molar-refractivity contribution in [1.82, 2.24) is 24.6 Å². The average Bonchev–Trinajstić information content (AvgIpc) is 3.08. The van der Waals surface area contributed by atoms with E-state index in [-0.39, 0.29) is 11.6 Å². The van der Waals surface area contributed by atoms with Gasteiger partial charge in [0.1, 0.15) is 12.7 Å². The molecule has 0 saturated carbocycles. The van der Waals surface area contributed by atoms with Crippen molar-refractivity contribution < 1.29 is 4.79 Å². The van der Waals surface area contributed by atoms with E-state index in [1.54, 1.807) is 0 Å². The summed E-state index contributed by atoms with van der Waals surface area (Å²) in [5.41, 5.74) is 0.00551. The molecule has 6 heteroatoms. The molecule has 20 heavy (non-hydrogen) atoms. The first-order chi connectivity index (χ1) is 9.62. The van der Waals surface area contributed by atoms with E-state index in [1.807, 2.05) is 4.90 Å². The zero-order valence-electron chi connectivity index (χ0n) is 12.3. The summed E-state index contributed by atoms with van der Waals surface area (Å²) in [6.45, 7) is 7.44. The van der Waals surface area contributed by atoms with Crippen molar-refractivity contribution in [2.24, 2.45) is 0 Å². The normalized spacial score (nSPS) is 27.6. The van der Waals surface area contributed by atoms with E-state index in [2.05, 4.69) is 28.8 Å². The SMILES string of the molecule is CC(C)N1CCCC2(CCCN2C(=O)n2cncn2)C1. The van der Waals surface area contributed by atoms with Crippen molar-refractivity contribution >= 4 is 6.03 Å². The first-order valence-electron chi connectivity index (χ1n) is 7.53. The molecule has 0 radical (unpaired) electrons. The number of piperidine rings is 1. The maximum absolute atomic E-state index is 12.6. The van der Waals surface area contributed by atoms with Gasteiger partial charge in [-0.1, -0.05) is 0 Å².